The lowest BCUT2D eigenvalue weighted by Gasteiger charge is -2.47. The van der Waals surface area contributed by atoms with Crippen molar-refractivity contribution in [2.24, 2.45) is 0 Å². The van der Waals surface area contributed by atoms with Crippen LogP contribution in [0.15, 0.2) is 24.3 Å². The first-order chi connectivity index (χ1) is 14.6. The number of carbonyl (C=O) groups is 1. The molecular formula is C23H27NO6. The van der Waals surface area contributed by atoms with Gasteiger partial charge in [-0.2, -0.15) is 0 Å². The molecule has 0 aromatic heterocycles. The van der Waals surface area contributed by atoms with Crippen molar-refractivity contribution in [3.05, 3.63) is 46.5 Å². The van der Waals surface area contributed by atoms with Crippen molar-refractivity contribution in [2.45, 2.75) is 31.8 Å². The van der Waals surface area contributed by atoms with E-state index in [0.717, 1.165) is 22.3 Å². The zero-order valence-corrected chi connectivity index (χ0v) is 18.0. The summed E-state index contributed by atoms with van der Waals surface area (Å²) in [6, 6.07) is 7.66. The highest BCUT2D eigenvalue weighted by molar-refractivity contribution is 5.72. The zero-order chi connectivity index (χ0) is 21.4. The van der Waals surface area contributed by atoms with Gasteiger partial charge in [0.15, 0.2) is 23.0 Å². The quantitative estimate of drug-likeness (QED) is 0.736. The summed E-state index contributed by atoms with van der Waals surface area (Å²) in [6.45, 7) is 2.15. The lowest BCUT2D eigenvalue weighted by Crippen LogP contribution is -2.46. The van der Waals surface area contributed by atoms with Crippen molar-refractivity contribution in [2.75, 3.05) is 35.0 Å². The van der Waals surface area contributed by atoms with Crippen LogP contribution in [-0.4, -0.2) is 46.0 Å². The van der Waals surface area contributed by atoms with E-state index >= 15 is 0 Å². The topological polar surface area (TPSA) is 66.5 Å². The van der Waals surface area contributed by atoms with E-state index in [0.29, 0.717) is 42.4 Å². The zero-order valence-electron chi connectivity index (χ0n) is 18.0. The Balaban J connectivity index is 1.88. The molecule has 2 aliphatic heterocycles. The molecule has 7 heteroatoms. The lowest BCUT2D eigenvalue weighted by atomic mass is 9.76. The predicted molar refractivity (Wildman–Crippen MR) is 111 cm³/mol. The number of nitrogens with zero attached hydrogens (tertiary/aromatic N) is 1. The van der Waals surface area contributed by atoms with Gasteiger partial charge < -0.3 is 23.7 Å². The molecule has 160 valence electrons. The van der Waals surface area contributed by atoms with Crippen LogP contribution in [0.25, 0.3) is 0 Å². The van der Waals surface area contributed by atoms with Crippen LogP contribution in [0.4, 0.5) is 4.79 Å². The molecule has 2 unspecified atom stereocenters. The van der Waals surface area contributed by atoms with Crippen molar-refractivity contribution in [1.82, 2.24) is 4.90 Å². The third-order valence-corrected chi connectivity index (χ3v) is 5.99. The first-order valence-electron chi connectivity index (χ1n) is 10.0. The summed E-state index contributed by atoms with van der Waals surface area (Å²) in [6.07, 6.45) is 0.981. The van der Waals surface area contributed by atoms with Gasteiger partial charge in [-0.1, -0.05) is 0 Å². The Kier molecular flexibility index (Phi) is 5.37. The molecule has 4 rings (SSSR count). The van der Waals surface area contributed by atoms with Gasteiger partial charge in [-0.15, -0.1) is 0 Å². The average Bonchev–Trinajstić information content (AvgIpc) is 2.77. The highest BCUT2D eigenvalue weighted by atomic mass is 16.6. The number of rotatable bonds is 5. The van der Waals surface area contributed by atoms with E-state index in [2.05, 4.69) is 0 Å². The molecule has 2 atom stereocenters. The number of hydrogen-bond acceptors (Lipinski definition) is 6. The van der Waals surface area contributed by atoms with Crippen LogP contribution in [0.2, 0.25) is 0 Å². The molecule has 2 heterocycles. The fourth-order valence-electron chi connectivity index (χ4n) is 4.65. The highest BCUT2D eigenvalue weighted by Gasteiger charge is 2.44. The van der Waals surface area contributed by atoms with Crippen molar-refractivity contribution < 1.29 is 28.5 Å². The highest BCUT2D eigenvalue weighted by Crippen LogP contribution is 2.51. The third kappa shape index (κ3) is 3.09. The Labute approximate surface area is 176 Å². The molecule has 0 saturated carbocycles. The van der Waals surface area contributed by atoms with E-state index in [9.17, 15) is 4.79 Å². The first-order valence-corrected chi connectivity index (χ1v) is 10.0. The molecule has 0 saturated heterocycles. The van der Waals surface area contributed by atoms with Crippen LogP contribution in [0.5, 0.6) is 23.0 Å². The molecule has 1 amide bonds. The number of fused-ring (bicyclic) bond motifs is 6. The standard InChI is InChI=1S/C23H27NO6/c1-6-30-23(25)24-17-7-13-9-19(26-2)21(28-4)11-15(13)18(24)8-14-10-20(27-3)22(29-5)12-16(14)17/h9-12,17-18H,6-8H2,1-5H3. The summed E-state index contributed by atoms with van der Waals surface area (Å²) in [7, 11) is 6.50. The SMILES string of the molecule is CCOC(=O)N1C2Cc3cc(OC)c(OC)cc3C1Cc1cc(OC)c(OC)cc12. The van der Waals surface area contributed by atoms with Crippen LogP contribution in [0.3, 0.4) is 0 Å². The Morgan fingerprint density at radius 2 is 1.20 bits per heavy atom. The van der Waals surface area contributed by atoms with Crippen molar-refractivity contribution in [3.8, 4) is 23.0 Å². The minimum absolute atomic E-state index is 0.164. The molecule has 0 fully saturated rings. The molecule has 2 aliphatic rings. The second-order valence-corrected chi connectivity index (χ2v) is 7.36. The molecule has 2 aromatic carbocycles. The van der Waals surface area contributed by atoms with Crippen LogP contribution < -0.4 is 18.9 Å². The number of amides is 1. The Bertz CT molecular complexity index is 903. The number of hydrogen-bond donors (Lipinski definition) is 0. The van der Waals surface area contributed by atoms with Crippen LogP contribution >= 0.6 is 0 Å². The maximum atomic E-state index is 13.0. The molecule has 30 heavy (non-hydrogen) atoms. The summed E-state index contributed by atoms with van der Waals surface area (Å²) >= 11 is 0. The van der Waals surface area contributed by atoms with Gasteiger partial charge >= 0.3 is 6.09 Å². The fraction of sp³-hybridized carbons (Fsp3) is 0.435. The third-order valence-electron chi connectivity index (χ3n) is 5.99. The van der Waals surface area contributed by atoms with Crippen LogP contribution in [0.1, 0.15) is 41.3 Å². The Morgan fingerprint density at radius 3 is 1.57 bits per heavy atom. The maximum absolute atomic E-state index is 13.0. The second-order valence-electron chi connectivity index (χ2n) is 7.36. The minimum Gasteiger partial charge on any atom is -0.493 e. The summed E-state index contributed by atoms with van der Waals surface area (Å²) < 4.78 is 27.5. The molecule has 0 spiro atoms. The smallest absolute Gasteiger partial charge is 0.410 e. The van der Waals surface area contributed by atoms with E-state index in [1.54, 1.807) is 28.4 Å². The normalized spacial score (nSPS) is 18.8. The molecule has 0 aliphatic carbocycles. The number of ether oxygens (including phenoxy) is 5. The predicted octanol–water partition coefficient (Wildman–Crippen LogP) is 4.07. The Hall–Kier alpha value is -3.09. The van der Waals surface area contributed by atoms with Crippen molar-refractivity contribution >= 4 is 6.09 Å². The van der Waals surface area contributed by atoms with E-state index in [1.165, 1.54) is 0 Å². The molecule has 2 aromatic rings. The molecule has 0 N–H and O–H groups in total. The summed E-state index contributed by atoms with van der Waals surface area (Å²) in [5, 5.41) is 0. The van der Waals surface area contributed by atoms with Crippen molar-refractivity contribution in [3.63, 3.8) is 0 Å². The van der Waals surface area contributed by atoms with Crippen molar-refractivity contribution in [1.29, 1.82) is 0 Å². The van der Waals surface area contributed by atoms with Gasteiger partial charge in [-0.3, -0.25) is 4.90 Å². The minimum atomic E-state index is -0.312. The van der Waals surface area contributed by atoms with E-state index in [-0.39, 0.29) is 18.2 Å². The van der Waals surface area contributed by atoms with Gasteiger partial charge in [0.2, 0.25) is 0 Å². The van der Waals surface area contributed by atoms with Gasteiger partial charge in [0.25, 0.3) is 0 Å². The molecular weight excluding hydrogens is 386 g/mol. The molecule has 2 bridgehead atoms. The summed E-state index contributed by atoms with van der Waals surface area (Å²) in [5.41, 5.74) is 4.39. The lowest BCUT2D eigenvalue weighted by molar-refractivity contribution is 0.0558. The summed E-state index contributed by atoms with van der Waals surface area (Å²) in [5.74, 6) is 2.67. The van der Waals surface area contributed by atoms with Gasteiger partial charge in [-0.05, 0) is 66.3 Å². The second kappa shape index (κ2) is 7.97. The van der Waals surface area contributed by atoms with Gasteiger partial charge in [0, 0.05) is 0 Å². The monoisotopic (exact) mass is 413 g/mol. The maximum Gasteiger partial charge on any atom is 0.410 e. The van der Waals surface area contributed by atoms with Gasteiger partial charge in [0.05, 0.1) is 47.1 Å². The number of benzene rings is 2. The first kappa shape index (κ1) is 20.2. The summed E-state index contributed by atoms with van der Waals surface area (Å²) in [4.78, 5) is 14.8. The van der Waals surface area contributed by atoms with E-state index in [1.807, 2.05) is 36.1 Å². The largest absolute Gasteiger partial charge is 0.493 e. The molecule has 0 radical (unpaired) electrons. The van der Waals surface area contributed by atoms with Gasteiger partial charge in [0.1, 0.15) is 0 Å². The number of carbonyl (C=O) groups excluding carboxylic acids is 1. The van der Waals surface area contributed by atoms with Crippen LogP contribution in [-0.2, 0) is 17.6 Å². The van der Waals surface area contributed by atoms with E-state index < -0.39 is 0 Å². The molecule has 7 nitrogen and oxygen atoms in total. The average molecular weight is 413 g/mol. The van der Waals surface area contributed by atoms with Crippen LogP contribution in [0, 0.1) is 0 Å². The Morgan fingerprint density at radius 1 is 0.800 bits per heavy atom. The fourth-order valence-corrected chi connectivity index (χ4v) is 4.65. The number of methoxy groups -OCH3 is 4. The van der Waals surface area contributed by atoms with Gasteiger partial charge in [-0.25, -0.2) is 4.79 Å². The van der Waals surface area contributed by atoms with E-state index in [4.69, 9.17) is 23.7 Å².